The Bertz CT molecular complexity index is 760. The third kappa shape index (κ3) is 5.07. The molecule has 0 spiro atoms. The molecule has 138 valence electrons. The summed E-state index contributed by atoms with van der Waals surface area (Å²) in [6.45, 7) is 4.39. The molecule has 0 fully saturated rings. The van der Waals surface area contributed by atoms with Crippen molar-refractivity contribution in [1.82, 2.24) is 4.90 Å². The second kappa shape index (κ2) is 9.01. The maximum Gasteiger partial charge on any atom is 0.335 e. The molecule has 0 aromatic heterocycles. The molecular formula is C20H25N3O3. The van der Waals surface area contributed by atoms with Gasteiger partial charge in [0.25, 0.3) is 5.91 Å². The number of benzene rings is 2. The number of hydrogen-bond acceptors (Lipinski definition) is 4. The molecule has 0 heterocycles. The largest absolute Gasteiger partial charge is 0.478 e. The van der Waals surface area contributed by atoms with E-state index in [0.29, 0.717) is 11.3 Å². The lowest BCUT2D eigenvalue weighted by atomic mass is 10.1. The molecular weight excluding hydrogens is 330 g/mol. The fourth-order valence-corrected chi connectivity index (χ4v) is 2.60. The Morgan fingerprint density at radius 1 is 1.00 bits per heavy atom. The van der Waals surface area contributed by atoms with Crippen LogP contribution in [0, 0.1) is 0 Å². The van der Waals surface area contributed by atoms with Crippen LogP contribution in [-0.4, -0.2) is 55.6 Å². The summed E-state index contributed by atoms with van der Waals surface area (Å²) in [6, 6.07) is 13.7. The normalized spacial score (nSPS) is 10.6. The highest BCUT2D eigenvalue weighted by Gasteiger charge is 2.16. The van der Waals surface area contributed by atoms with E-state index in [9.17, 15) is 14.7 Å². The van der Waals surface area contributed by atoms with E-state index < -0.39 is 5.97 Å². The number of aromatic carboxylic acids is 1. The van der Waals surface area contributed by atoms with Gasteiger partial charge in [0.05, 0.1) is 16.9 Å². The van der Waals surface area contributed by atoms with Gasteiger partial charge in [0.15, 0.2) is 0 Å². The Hall–Kier alpha value is -2.86. The van der Waals surface area contributed by atoms with Gasteiger partial charge in [-0.1, -0.05) is 18.2 Å². The lowest BCUT2D eigenvalue weighted by molar-refractivity contribution is 0.0696. The minimum absolute atomic E-state index is 0.140. The molecule has 0 aliphatic rings. The van der Waals surface area contributed by atoms with Gasteiger partial charge in [0.1, 0.15) is 0 Å². The molecule has 6 heteroatoms. The molecule has 0 bridgehead atoms. The molecule has 6 nitrogen and oxygen atoms in total. The number of carbonyl (C=O) groups excluding carboxylic acids is 1. The van der Waals surface area contributed by atoms with E-state index >= 15 is 0 Å². The molecule has 2 aromatic carbocycles. The van der Waals surface area contributed by atoms with Crippen molar-refractivity contribution < 1.29 is 14.7 Å². The van der Waals surface area contributed by atoms with Crippen LogP contribution in [-0.2, 0) is 0 Å². The summed E-state index contributed by atoms with van der Waals surface area (Å²) in [4.78, 5) is 28.1. The smallest absolute Gasteiger partial charge is 0.335 e. The maximum absolute atomic E-state index is 12.5. The van der Waals surface area contributed by atoms with Gasteiger partial charge in [-0.3, -0.25) is 4.79 Å². The van der Waals surface area contributed by atoms with Crippen molar-refractivity contribution in [3.8, 4) is 0 Å². The number of carboxylic acid groups (broad SMARTS) is 1. The zero-order chi connectivity index (χ0) is 19.1. The molecule has 2 N–H and O–H groups in total. The van der Waals surface area contributed by atoms with Crippen LogP contribution in [0.3, 0.4) is 0 Å². The first kappa shape index (κ1) is 19.5. The average Bonchev–Trinajstić information content (AvgIpc) is 2.63. The third-order valence-corrected chi connectivity index (χ3v) is 4.07. The van der Waals surface area contributed by atoms with Crippen molar-refractivity contribution in [1.29, 1.82) is 0 Å². The van der Waals surface area contributed by atoms with E-state index in [1.165, 1.54) is 6.07 Å². The summed E-state index contributed by atoms with van der Waals surface area (Å²) >= 11 is 0. The van der Waals surface area contributed by atoms with Crippen molar-refractivity contribution in [2.24, 2.45) is 0 Å². The number of carbonyl (C=O) groups is 2. The van der Waals surface area contributed by atoms with Crippen molar-refractivity contribution >= 4 is 23.3 Å². The van der Waals surface area contributed by atoms with E-state index in [1.54, 1.807) is 36.4 Å². The van der Waals surface area contributed by atoms with Crippen LogP contribution in [0.5, 0.6) is 0 Å². The standard InChI is InChI=1S/C20H25N3O3/c1-4-23(13-12-22(2)3)18-11-10-16(20(25)26)14-17(18)21-19(24)15-8-6-5-7-9-15/h5-11,14H,4,12-13H2,1-3H3,(H,21,24)(H,25,26). The van der Waals surface area contributed by atoms with Crippen molar-refractivity contribution in [2.45, 2.75) is 6.92 Å². The molecule has 0 radical (unpaired) electrons. The summed E-state index contributed by atoms with van der Waals surface area (Å²) < 4.78 is 0. The first-order valence-corrected chi connectivity index (χ1v) is 8.55. The number of likely N-dealkylation sites (N-methyl/N-ethyl adjacent to an activating group) is 2. The summed E-state index contributed by atoms with van der Waals surface area (Å²) in [6.07, 6.45) is 0. The minimum atomic E-state index is -1.02. The quantitative estimate of drug-likeness (QED) is 0.761. The SMILES string of the molecule is CCN(CCN(C)C)c1ccc(C(=O)O)cc1NC(=O)c1ccccc1. The topological polar surface area (TPSA) is 72.9 Å². The number of nitrogens with zero attached hydrogens (tertiary/aromatic N) is 2. The second-order valence-electron chi connectivity index (χ2n) is 6.24. The Morgan fingerprint density at radius 2 is 1.69 bits per heavy atom. The molecule has 0 aliphatic heterocycles. The number of carboxylic acids is 1. The first-order valence-electron chi connectivity index (χ1n) is 8.55. The van der Waals surface area contributed by atoms with E-state index in [1.807, 2.05) is 27.1 Å². The average molecular weight is 355 g/mol. The van der Waals surface area contributed by atoms with Crippen LogP contribution in [0.15, 0.2) is 48.5 Å². The van der Waals surface area contributed by atoms with Crippen LogP contribution in [0.25, 0.3) is 0 Å². The molecule has 0 unspecified atom stereocenters. The number of nitrogens with one attached hydrogen (secondary N) is 1. The van der Waals surface area contributed by atoms with Gasteiger partial charge >= 0.3 is 5.97 Å². The molecule has 0 saturated carbocycles. The highest BCUT2D eigenvalue weighted by molar-refractivity contribution is 6.06. The Morgan fingerprint density at radius 3 is 2.27 bits per heavy atom. The van der Waals surface area contributed by atoms with Gasteiger partial charge in [-0.25, -0.2) is 4.79 Å². The zero-order valence-electron chi connectivity index (χ0n) is 15.4. The van der Waals surface area contributed by atoms with Crippen molar-refractivity contribution in [2.75, 3.05) is 43.9 Å². The lowest BCUT2D eigenvalue weighted by Crippen LogP contribution is -2.32. The summed E-state index contributed by atoms with van der Waals surface area (Å²) in [5, 5.41) is 12.2. The number of hydrogen-bond donors (Lipinski definition) is 2. The predicted molar refractivity (Wildman–Crippen MR) is 104 cm³/mol. The Labute approximate surface area is 154 Å². The van der Waals surface area contributed by atoms with E-state index in [-0.39, 0.29) is 11.5 Å². The maximum atomic E-state index is 12.5. The van der Waals surface area contributed by atoms with Crippen LogP contribution >= 0.6 is 0 Å². The number of anilines is 2. The van der Waals surface area contributed by atoms with Gasteiger partial charge in [-0.15, -0.1) is 0 Å². The Kier molecular flexibility index (Phi) is 6.74. The van der Waals surface area contributed by atoms with Crippen molar-refractivity contribution in [3.63, 3.8) is 0 Å². The molecule has 0 saturated heterocycles. The predicted octanol–water partition coefficient (Wildman–Crippen LogP) is 3.03. The minimum Gasteiger partial charge on any atom is -0.478 e. The zero-order valence-corrected chi connectivity index (χ0v) is 15.4. The van der Waals surface area contributed by atoms with E-state index in [0.717, 1.165) is 25.3 Å². The number of rotatable bonds is 8. The Balaban J connectivity index is 2.35. The molecule has 0 atom stereocenters. The molecule has 0 aliphatic carbocycles. The lowest BCUT2D eigenvalue weighted by Gasteiger charge is -2.27. The molecule has 2 rings (SSSR count). The number of amides is 1. The fraction of sp³-hybridized carbons (Fsp3) is 0.300. The van der Waals surface area contributed by atoms with Gasteiger partial charge in [-0.05, 0) is 51.4 Å². The van der Waals surface area contributed by atoms with Crippen LogP contribution in [0.1, 0.15) is 27.6 Å². The van der Waals surface area contributed by atoms with Gasteiger partial charge in [-0.2, -0.15) is 0 Å². The molecule has 2 aromatic rings. The van der Waals surface area contributed by atoms with E-state index in [4.69, 9.17) is 0 Å². The van der Waals surface area contributed by atoms with Gasteiger partial charge in [0.2, 0.25) is 0 Å². The molecule has 1 amide bonds. The third-order valence-electron chi connectivity index (χ3n) is 4.07. The molecule has 26 heavy (non-hydrogen) atoms. The van der Waals surface area contributed by atoms with Gasteiger partial charge in [0, 0.05) is 25.2 Å². The summed E-state index contributed by atoms with van der Waals surface area (Å²) in [5.41, 5.74) is 1.97. The monoisotopic (exact) mass is 355 g/mol. The highest BCUT2D eigenvalue weighted by Crippen LogP contribution is 2.28. The fourth-order valence-electron chi connectivity index (χ4n) is 2.60. The van der Waals surface area contributed by atoms with Gasteiger partial charge < -0.3 is 20.2 Å². The second-order valence-corrected chi connectivity index (χ2v) is 6.24. The van der Waals surface area contributed by atoms with Crippen LogP contribution < -0.4 is 10.2 Å². The summed E-state index contributed by atoms with van der Waals surface area (Å²) in [7, 11) is 4.00. The summed E-state index contributed by atoms with van der Waals surface area (Å²) in [5.74, 6) is -1.29. The van der Waals surface area contributed by atoms with Crippen LogP contribution in [0.2, 0.25) is 0 Å². The van der Waals surface area contributed by atoms with Crippen LogP contribution in [0.4, 0.5) is 11.4 Å². The van der Waals surface area contributed by atoms with Crippen molar-refractivity contribution in [3.05, 3.63) is 59.7 Å². The highest BCUT2D eigenvalue weighted by atomic mass is 16.4. The first-order chi connectivity index (χ1) is 12.4. The van der Waals surface area contributed by atoms with E-state index in [2.05, 4.69) is 15.1 Å².